The number of benzene rings is 1. The van der Waals surface area contributed by atoms with Crippen LogP contribution in [0.2, 0.25) is 0 Å². The van der Waals surface area contributed by atoms with E-state index in [1.54, 1.807) is 0 Å². The van der Waals surface area contributed by atoms with Crippen molar-refractivity contribution in [1.82, 2.24) is 9.97 Å². The second-order valence-electron chi connectivity index (χ2n) is 7.10. The predicted molar refractivity (Wildman–Crippen MR) is 104 cm³/mol. The Morgan fingerprint density at radius 1 is 1.26 bits per heavy atom. The van der Waals surface area contributed by atoms with Gasteiger partial charge in [-0.15, -0.1) is 0 Å². The molecule has 0 spiro atoms. The SMILES string of the molecule is NSOC[C@@H]1C[C@@H](Oc2cc(N[C@H]3CCc4ccccc43)ncn2)C[C@@H]1O. The highest BCUT2D eigenvalue weighted by Gasteiger charge is 2.35. The Labute approximate surface area is 163 Å². The third-order valence-electron chi connectivity index (χ3n) is 5.35. The fraction of sp³-hybridized carbons (Fsp3) is 0.474. The van der Waals surface area contributed by atoms with Gasteiger partial charge in [0.15, 0.2) is 0 Å². The van der Waals surface area contributed by atoms with Crippen molar-refractivity contribution in [1.29, 1.82) is 0 Å². The second kappa shape index (κ2) is 8.43. The van der Waals surface area contributed by atoms with Crippen LogP contribution in [0.1, 0.15) is 36.4 Å². The maximum atomic E-state index is 10.1. The Hall–Kier alpha value is -1.87. The second-order valence-corrected chi connectivity index (χ2v) is 7.52. The van der Waals surface area contributed by atoms with Gasteiger partial charge in [0.05, 0.1) is 31.0 Å². The maximum absolute atomic E-state index is 10.1. The first-order chi connectivity index (χ1) is 13.2. The fourth-order valence-corrected chi connectivity index (χ4v) is 4.25. The van der Waals surface area contributed by atoms with E-state index in [1.165, 1.54) is 17.5 Å². The van der Waals surface area contributed by atoms with Crippen LogP contribution in [0.3, 0.4) is 0 Å². The molecule has 1 fully saturated rings. The number of rotatable bonds is 7. The van der Waals surface area contributed by atoms with E-state index in [9.17, 15) is 5.11 Å². The molecular formula is C19H24N4O3S. The van der Waals surface area contributed by atoms with Crippen molar-refractivity contribution in [2.45, 2.75) is 43.9 Å². The molecule has 8 heteroatoms. The Kier molecular flexibility index (Phi) is 5.77. The number of aliphatic hydroxyl groups is 1. The van der Waals surface area contributed by atoms with Crippen LogP contribution in [-0.2, 0) is 10.6 Å². The third kappa shape index (κ3) is 4.35. The van der Waals surface area contributed by atoms with Crippen molar-refractivity contribution < 1.29 is 14.0 Å². The number of aryl methyl sites for hydroxylation is 1. The molecule has 0 bridgehead atoms. The van der Waals surface area contributed by atoms with Gasteiger partial charge in [-0.25, -0.2) is 9.97 Å². The lowest BCUT2D eigenvalue weighted by molar-refractivity contribution is 0.102. The van der Waals surface area contributed by atoms with Crippen LogP contribution >= 0.6 is 12.2 Å². The largest absolute Gasteiger partial charge is 0.474 e. The van der Waals surface area contributed by atoms with Crippen molar-refractivity contribution in [3.8, 4) is 5.88 Å². The average Bonchev–Trinajstić information content (AvgIpc) is 3.24. The summed E-state index contributed by atoms with van der Waals surface area (Å²) in [5, 5.41) is 18.9. The third-order valence-corrected chi connectivity index (χ3v) is 5.62. The molecule has 144 valence electrons. The van der Waals surface area contributed by atoms with Crippen LogP contribution in [0.5, 0.6) is 5.88 Å². The standard InChI is InChI=1S/C19H24N4O3S/c20-27-25-10-13-7-14(8-17(13)24)26-19-9-18(21-11-22-19)23-16-6-5-12-3-1-2-4-15(12)16/h1-4,9,11,13-14,16-17,24H,5-8,10,20H2,(H,21,22,23)/t13-,14+,16-,17-/m0/s1. The molecule has 4 N–H and O–H groups in total. The summed E-state index contributed by atoms with van der Waals surface area (Å²) < 4.78 is 11.1. The Morgan fingerprint density at radius 3 is 3.04 bits per heavy atom. The highest BCUT2D eigenvalue weighted by Crippen LogP contribution is 2.34. The van der Waals surface area contributed by atoms with E-state index >= 15 is 0 Å². The molecule has 0 saturated heterocycles. The number of ether oxygens (including phenoxy) is 1. The first-order valence-corrected chi connectivity index (χ1v) is 10.0. The number of fused-ring (bicyclic) bond motifs is 1. The molecule has 0 unspecified atom stereocenters. The van der Waals surface area contributed by atoms with Gasteiger partial charge in [-0.2, -0.15) is 0 Å². The van der Waals surface area contributed by atoms with E-state index in [0.29, 0.717) is 25.3 Å². The van der Waals surface area contributed by atoms with Crippen molar-refractivity contribution in [3.05, 3.63) is 47.8 Å². The Balaban J connectivity index is 1.37. The summed E-state index contributed by atoms with van der Waals surface area (Å²) >= 11 is 0.827. The van der Waals surface area contributed by atoms with Crippen LogP contribution in [-0.4, -0.2) is 33.9 Å². The Bertz CT molecular complexity index is 778. The number of anilines is 1. The van der Waals surface area contributed by atoms with E-state index in [4.69, 9.17) is 14.1 Å². The minimum absolute atomic E-state index is 0.0282. The normalized spacial score (nSPS) is 26.7. The number of hydrogen-bond donors (Lipinski definition) is 3. The quantitative estimate of drug-likeness (QED) is 0.491. The van der Waals surface area contributed by atoms with Gasteiger partial charge in [-0.1, -0.05) is 24.3 Å². The van der Waals surface area contributed by atoms with Crippen LogP contribution < -0.4 is 15.2 Å². The number of aromatic nitrogens is 2. The lowest BCUT2D eigenvalue weighted by atomic mass is 10.1. The lowest BCUT2D eigenvalue weighted by Gasteiger charge is -2.16. The molecule has 27 heavy (non-hydrogen) atoms. The molecule has 1 heterocycles. The number of hydrogen-bond acceptors (Lipinski definition) is 8. The van der Waals surface area contributed by atoms with Gasteiger partial charge in [0.25, 0.3) is 0 Å². The van der Waals surface area contributed by atoms with Gasteiger partial charge in [0.2, 0.25) is 5.88 Å². The number of nitrogens with zero attached hydrogens (tertiary/aromatic N) is 2. The summed E-state index contributed by atoms with van der Waals surface area (Å²) in [5.41, 5.74) is 2.72. The monoisotopic (exact) mass is 388 g/mol. The molecule has 0 amide bonds. The smallest absolute Gasteiger partial charge is 0.218 e. The molecule has 2 aliphatic rings. The van der Waals surface area contributed by atoms with Crippen molar-refractivity contribution in [2.75, 3.05) is 11.9 Å². The molecule has 2 aliphatic carbocycles. The summed E-state index contributed by atoms with van der Waals surface area (Å²) in [7, 11) is 0. The summed E-state index contributed by atoms with van der Waals surface area (Å²) in [6.07, 6.45) is 4.37. The molecule has 1 saturated carbocycles. The highest BCUT2D eigenvalue weighted by atomic mass is 32.2. The molecule has 0 radical (unpaired) electrons. The first-order valence-electron chi connectivity index (χ1n) is 9.22. The zero-order valence-corrected chi connectivity index (χ0v) is 15.8. The highest BCUT2D eigenvalue weighted by molar-refractivity contribution is 7.92. The van der Waals surface area contributed by atoms with Crippen LogP contribution in [0.15, 0.2) is 36.7 Å². The zero-order valence-electron chi connectivity index (χ0n) is 15.0. The summed E-state index contributed by atoms with van der Waals surface area (Å²) in [6, 6.07) is 10.6. The number of nitrogens with two attached hydrogens (primary N) is 1. The fourth-order valence-electron chi connectivity index (χ4n) is 3.99. The first kappa shape index (κ1) is 18.5. The van der Waals surface area contributed by atoms with Crippen molar-refractivity contribution in [2.24, 2.45) is 11.1 Å². The Morgan fingerprint density at radius 2 is 2.15 bits per heavy atom. The van der Waals surface area contributed by atoms with Gasteiger partial charge in [-0.3, -0.25) is 5.14 Å². The minimum Gasteiger partial charge on any atom is -0.474 e. The molecule has 1 aromatic carbocycles. The molecule has 4 atom stereocenters. The lowest BCUT2D eigenvalue weighted by Crippen LogP contribution is -2.17. The van der Waals surface area contributed by atoms with E-state index in [0.717, 1.165) is 30.9 Å². The molecular weight excluding hydrogens is 364 g/mol. The van der Waals surface area contributed by atoms with Crippen molar-refractivity contribution >= 4 is 18.0 Å². The van der Waals surface area contributed by atoms with Gasteiger partial charge >= 0.3 is 0 Å². The average molecular weight is 388 g/mol. The zero-order chi connectivity index (χ0) is 18.6. The number of aliphatic hydroxyl groups excluding tert-OH is 1. The van der Waals surface area contributed by atoms with Crippen LogP contribution in [0.4, 0.5) is 5.82 Å². The molecule has 7 nitrogen and oxygen atoms in total. The van der Waals surface area contributed by atoms with E-state index in [-0.39, 0.29) is 18.1 Å². The molecule has 0 aliphatic heterocycles. The van der Waals surface area contributed by atoms with Gasteiger partial charge < -0.3 is 19.3 Å². The topological polar surface area (TPSA) is 103 Å². The molecule has 4 rings (SSSR count). The van der Waals surface area contributed by atoms with Gasteiger partial charge in [0, 0.05) is 18.4 Å². The number of nitrogens with one attached hydrogen (secondary N) is 1. The van der Waals surface area contributed by atoms with E-state index in [2.05, 4.69) is 39.6 Å². The minimum atomic E-state index is -0.448. The summed E-state index contributed by atoms with van der Waals surface area (Å²) in [5.74, 6) is 1.30. The van der Waals surface area contributed by atoms with E-state index < -0.39 is 6.10 Å². The van der Waals surface area contributed by atoms with E-state index in [1.807, 2.05) is 6.07 Å². The predicted octanol–water partition coefficient (Wildman–Crippen LogP) is 2.63. The molecule has 2 aromatic rings. The van der Waals surface area contributed by atoms with Crippen molar-refractivity contribution in [3.63, 3.8) is 0 Å². The van der Waals surface area contributed by atoms with Gasteiger partial charge in [-0.05, 0) is 30.4 Å². The van der Waals surface area contributed by atoms with Gasteiger partial charge in [0.1, 0.15) is 18.2 Å². The summed E-state index contributed by atoms with van der Waals surface area (Å²) in [4.78, 5) is 8.56. The summed E-state index contributed by atoms with van der Waals surface area (Å²) in [6.45, 7) is 0.417. The van der Waals surface area contributed by atoms with Crippen LogP contribution in [0, 0.1) is 5.92 Å². The molecule has 1 aromatic heterocycles. The maximum Gasteiger partial charge on any atom is 0.218 e. The van der Waals surface area contributed by atoms with Crippen LogP contribution in [0.25, 0.3) is 0 Å².